The fraction of sp³-hybridized carbons (Fsp3) is 0.562. The summed E-state index contributed by atoms with van der Waals surface area (Å²) in [7, 11) is 3.81. The quantitative estimate of drug-likeness (QED) is 0.526. The second kappa shape index (κ2) is 14.9. The zero-order chi connectivity index (χ0) is 29.2. The maximum atomic E-state index is 11.9. The number of methoxy groups -OCH3 is 1. The largest absolute Gasteiger partial charge is 0.467 e. The number of rotatable bonds is 4. The van der Waals surface area contributed by atoms with Gasteiger partial charge < -0.3 is 19.4 Å². The van der Waals surface area contributed by atoms with Crippen LogP contribution in [0.4, 0.5) is 5.82 Å². The van der Waals surface area contributed by atoms with Gasteiger partial charge >= 0.3 is 6.01 Å². The summed E-state index contributed by atoms with van der Waals surface area (Å²) in [5.41, 5.74) is 5.31. The van der Waals surface area contributed by atoms with Crippen molar-refractivity contribution in [2.24, 2.45) is 0 Å². The molecule has 1 aromatic carbocycles. The number of carbonyl (C=O) groups excluding carboxylic acids is 1. The van der Waals surface area contributed by atoms with Crippen molar-refractivity contribution in [3.63, 3.8) is 0 Å². The molecule has 0 saturated carbocycles. The second-order valence-corrected chi connectivity index (χ2v) is 11.1. The van der Waals surface area contributed by atoms with E-state index in [0.29, 0.717) is 25.1 Å². The van der Waals surface area contributed by atoms with Crippen LogP contribution in [0.25, 0.3) is 0 Å². The van der Waals surface area contributed by atoms with Gasteiger partial charge in [0.15, 0.2) is 0 Å². The van der Waals surface area contributed by atoms with Crippen LogP contribution < -0.4 is 9.64 Å². The summed E-state index contributed by atoms with van der Waals surface area (Å²) in [6.07, 6.45) is 8.36. The Hall–Kier alpha value is -3.48. The van der Waals surface area contributed by atoms with Gasteiger partial charge in [0.25, 0.3) is 0 Å². The summed E-state index contributed by atoms with van der Waals surface area (Å²) in [6.45, 7) is 12.7. The summed E-state index contributed by atoms with van der Waals surface area (Å²) in [5.74, 6) is 0.984. The van der Waals surface area contributed by atoms with Crippen LogP contribution in [0.3, 0.4) is 0 Å². The van der Waals surface area contributed by atoms with Gasteiger partial charge in [-0.2, -0.15) is 15.2 Å². The zero-order valence-electron chi connectivity index (χ0n) is 25.0. The number of carbonyl (C=O) groups is 1. The van der Waals surface area contributed by atoms with E-state index in [1.54, 1.807) is 13.2 Å². The molecule has 4 heterocycles. The number of benzene rings is 1. The molecule has 9 heteroatoms. The average Bonchev–Trinajstić information content (AvgIpc) is 3.51. The van der Waals surface area contributed by atoms with Crippen LogP contribution in [0.5, 0.6) is 6.01 Å². The molecule has 2 aromatic rings. The van der Waals surface area contributed by atoms with Crippen molar-refractivity contribution in [3.8, 4) is 12.1 Å². The van der Waals surface area contributed by atoms with E-state index in [-0.39, 0.29) is 5.91 Å². The molecule has 4 aliphatic rings. The first kappa shape index (κ1) is 30.5. The van der Waals surface area contributed by atoms with Crippen LogP contribution in [0.15, 0.2) is 36.9 Å². The third kappa shape index (κ3) is 7.84. The lowest BCUT2D eigenvalue weighted by Gasteiger charge is -2.40. The van der Waals surface area contributed by atoms with Gasteiger partial charge in [0.05, 0.1) is 18.9 Å². The molecule has 0 radical (unpaired) electrons. The number of ether oxygens (including phenoxy) is 1. The van der Waals surface area contributed by atoms with E-state index >= 15 is 0 Å². The molecule has 1 unspecified atom stereocenters. The van der Waals surface area contributed by atoms with Gasteiger partial charge in [-0.1, -0.05) is 30.8 Å². The number of amides is 1. The highest BCUT2D eigenvalue weighted by Crippen LogP contribution is 2.33. The van der Waals surface area contributed by atoms with Crippen LogP contribution in [-0.2, 0) is 30.6 Å². The van der Waals surface area contributed by atoms with Crippen LogP contribution in [0.1, 0.15) is 48.6 Å². The van der Waals surface area contributed by atoms with Gasteiger partial charge in [0, 0.05) is 64.2 Å². The fourth-order valence-corrected chi connectivity index (χ4v) is 6.19. The number of hydrogen-bond acceptors (Lipinski definition) is 8. The number of anilines is 1. The zero-order valence-corrected chi connectivity index (χ0v) is 25.0. The molecule has 6 rings (SSSR count). The normalized spacial score (nSPS) is 20.3. The summed E-state index contributed by atoms with van der Waals surface area (Å²) in [4.78, 5) is 30.6. The minimum atomic E-state index is -0.00195. The van der Waals surface area contributed by atoms with Gasteiger partial charge in [0.2, 0.25) is 5.91 Å². The van der Waals surface area contributed by atoms with Crippen molar-refractivity contribution < 1.29 is 9.53 Å². The minimum absolute atomic E-state index is 0.00195. The smallest absolute Gasteiger partial charge is 0.318 e. The highest BCUT2D eigenvalue weighted by molar-refractivity contribution is 5.87. The fourth-order valence-electron chi connectivity index (χ4n) is 6.19. The first-order valence-electron chi connectivity index (χ1n) is 14.9. The van der Waals surface area contributed by atoms with Crippen molar-refractivity contribution in [2.75, 3.05) is 64.9 Å². The molecule has 3 aliphatic heterocycles. The van der Waals surface area contributed by atoms with E-state index < -0.39 is 0 Å². The van der Waals surface area contributed by atoms with Crippen LogP contribution >= 0.6 is 0 Å². The third-order valence-electron chi connectivity index (χ3n) is 8.46. The topological polar surface area (TPSA) is 88.8 Å². The molecule has 1 aromatic heterocycles. The first-order chi connectivity index (χ1) is 20.0. The van der Waals surface area contributed by atoms with Gasteiger partial charge in [-0.05, 0) is 69.4 Å². The van der Waals surface area contributed by atoms with E-state index in [0.717, 1.165) is 63.4 Å². The van der Waals surface area contributed by atoms with Crippen LogP contribution in [0, 0.1) is 11.3 Å². The Morgan fingerprint density at radius 2 is 1.73 bits per heavy atom. The van der Waals surface area contributed by atoms with Crippen molar-refractivity contribution in [2.45, 2.75) is 58.0 Å². The standard InChI is InChI=1S/C25H31N5O2.C5H11N.C2H3N/c1-3-23(31)28-12-14-29(15-13-28)24-21-9-8-20(16-22(21)26-25(27-24)32-2)30-11-10-18-6-4-5-7-19(18)17-30;1-6-4-2-3-5-6;1-2-3/h3-7,20H,1,8-17H2,2H3;2-5H2,1H3;1H3. The molecule has 2 saturated heterocycles. The molecule has 41 heavy (non-hydrogen) atoms. The van der Waals surface area contributed by atoms with Gasteiger partial charge in [-0.3, -0.25) is 9.69 Å². The van der Waals surface area contributed by atoms with Gasteiger partial charge in [-0.25, -0.2) is 0 Å². The summed E-state index contributed by atoms with van der Waals surface area (Å²) >= 11 is 0. The predicted octanol–water partition coefficient (Wildman–Crippen LogP) is 3.48. The molecule has 9 nitrogen and oxygen atoms in total. The minimum Gasteiger partial charge on any atom is -0.467 e. The number of hydrogen-bond donors (Lipinski definition) is 0. The highest BCUT2D eigenvalue weighted by atomic mass is 16.5. The van der Waals surface area contributed by atoms with Crippen molar-refractivity contribution in [3.05, 3.63) is 59.3 Å². The number of likely N-dealkylation sites (tertiary alicyclic amines) is 1. The lowest BCUT2D eigenvalue weighted by Crippen LogP contribution is -2.49. The monoisotopic (exact) mass is 559 g/mol. The Balaban J connectivity index is 0.000000372. The van der Waals surface area contributed by atoms with E-state index in [1.807, 2.05) is 4.90 Å². The van der Waals surface area contributed by atoms with Crippen molar-refractivity contribution in [1.29, 1.82) is 5.26 Å². The summed E-state index contributed by atoms with van der Waals surface area (Å²) in [5, 5.41) is 7.32. The number of aromatic nitrogens is 2. The molecule has 0 N–H and O–H groups in total. The molecule has 1 amide bonds. The van der Waals surface area contributed by atoms with Gasteiger partial charge in [0.1, 0.15) is 5.82 Å². The van der Waals surface area contributed by atoms with Gasteiger partial charge in [-0.15, -0.1) is 0 Å². The van der Waals surface area contributed by atoms with Crippen LogP contribution in [0.2, 0.25) is 0 Å². The molecule has 0 bridgehead atoms. The van der Waals surface area contributed by atoms with Crippen LogP contribution in [-0.4, -0.2) is 96.6 Å². The highest BCUT2D eigenvalue weighted by Gasteiger charge is 2.32. The maximum absolute atomic E-state index is 11.9. The lowest BCUT2D eigenvalue weighted by molar-refractivity contribution is -0.126. The Bertz CT molecular complexity index is 1210. The summed E-state index contributed by atoms with van der Waals surface area (Å²) < 4.78 is 5.48. The second-order valence-electron chi connectivity index (χ2n) is 11.1. The van der Waals surface area contributed by atoms with Crippen molar-refractivity contribution >= 4 is 11.7 Å². The maximum Gasteiger partial charge on any atom is 0.318 e. The lowest BCUT2D eigenvalue weighted by atomic mass is 9.89. The molecule has 0 spiro atoms. The number of fused-ring (bicyclic) bond motifs is 2. The number of piperazine rings is 1. The predicted molar refractivity (Wildman–Crippen MR) is 162 cm³/mol. The Morgan fingerprint density at radius 1 is 1.05 bits per heavy atom. The van der Waals surface area contributed by atoms with E-state index in [9.17, 15) is 4.79 Å². The molecule has 2 fully saturated rings. The molecular formula is C32H45N7O2. The molecule has 1 aliphatic carbocycles. The third-order valence-corrected chi connectivity index (χ3v) is 8.46. The Morgan fingerprint density at radius 3 is 2.34 bits per heavy atom. The van der Waals surface area contributed by atoms with E-state index in [2.05, 4.69) is 52.6 Å². The van der Waals surface area contributed by atoms with E-state index in [1.165, 1.54) is 55.6 Å². The average molecular weight is 560 g/mol. The SMILES string of the molecule is C=CC(=O)N1CCN(c2nc(OC)nc3c2CCC(N2CCc4ccccc4C2)C3)CC1.CC#N.CN1CCCC1. The molecular weight excluding hydrogens is 514 g/mol. The number of nitriles is 1. The first-order valence-corrected chi connectivity index (χ1v) is 14.9. The molecule has 220 valence electrons. The molecule has 1 atom stereocenters. The van der Waals surface area contributed by atoms with E-state index in [4.69, 9.17) is 20.0 Å². The number of nitrogens with zero attached hydrogens (tertiary/aromatic N) is 7. The van der Waals surface area contributed by atoms with Crippen molar-refractivity contribution in [1.82, 2.24) is 24.7 Å². The Kier molecular flexibility index (Phi) is 11.1. The summed E-state index contributed by atoms with van der Waals surface area (Å²) in [6, 6.07) is 11.5. The Labute approximate surface area is 245 Å².